The normalized spacial score (nSPS) is 10.9. The average Bonchev–Trinajstić information content (AvgIpc) is 2.33. The van der Waals surface area contributed by atoms with Gasteiger partial charge in [0.25, 0.3) is 0 Å². The van der Waals surface area contributed by atoms with Crippen LogP contribution in [0.2, 0.25) is 0 Å². The van der Waals surface area contributed by atoms with Gasteiger partial charge in [-0.15, -0.1) is 0 Å². The molecule has 0 bridgehead atoms. The summed E-state index contributed by atoms with van der Waals surface area (Å²) in [7, 11) is 0. The van der Waals surface area contributed by atoms with Crippen molar-refractivity contribution in [3.63, 3.8) is 0 Å². The van der Waals surface area contributed by atoms with Crippen LogP contribution in [0.4, 0.5) is 5.69 Å². The van der Waals surface area contributed by atoms with E-state index in [2.05, 4.69) is 4.84 Å². The van der Waals surface area contributed by atoms with Crippen molar-refractivity contribution in [3.8, 4) is 5.75 Å². The van der Waals surface area contributed by atoms with Crippen LogP contribution in [0, 0.1) is 20.2 Å². The van der Waals surface area contributed by atoms with Crippen LogP contribution in [-0.4, -0.2) is 45.6 Å². The maximum atomic E-state index is 11.1. The first-order valence-corrected chi connectivity index (χ1v) is 8.35. The van der Waals surface area contributed by atoms with Crippen LogP contribution in [0.15, 0.2) is 18.2 Å². The number of hydrogen-bond donors (Lipinski definition) is 2. The summed E-state index contributed by atoms with van der Waals surface area (Å²) >= 11 is -5.25. The summed E-state index contributed by atoms with van der Waals surface area (Å²) in [4.78, 5) is 23.7. The Labute approximate surface area is 114 Å². The predicted molar refractivity (Wildman–Crippen MR) is 62.0 cm³/mol. The third kappa shape index (κ3) is 4.53. The number of benzene rings is 1. The van der Waals surface area contributed by atoms with Gasteiger partial charge in [0.2, 0.25) is 0 Å². The number of nitro groups is 1. The second-order valence-corrected chi connectivity index (χ2v) is 6.72. The topological polar surface area (TPSA) is 162 Å². The van der Waals surface area contributed by atoms with Gasteiger partial charge in [0.15, 0.2) is 0 Å². The number of nitro benzene ring substituents is 1. The number of ether oxygens (including phenoxy) is 1. The molecule has 0 fully saturated rings. The Bertz CT molecular complexity index is 569. The van der Waals surface area contributed by atoms with Crippen molar-refractivity contribution in [2.45, 2.75) is 0 Å². The second-order valence-electron chi connectivity index (χ2n) is 3.36. The Morgan fingerprint density at radius 2 is 1.85 bits per heavy atom. The van der Waals surface area contributed by atoms with Crippen molar-refractivity contribution in [3.05, 3.63) is 38.4 Å². The van der Waals surface area contributed by atoms with E-state index in [-0.39, 0.29) is 12.4 Å². The monoisotopic (exact) mass is 352 g/mol. The van der Waals surface area contributed by atoms with Crippen molar-refractivity contribution in [1.29, 1.82) is 0 Å². The van der Waals surface area contributed by atoms with Gasteiger partial charge in [-0.1, -0.05) is 0 Å². The first kappa shape index (κ1) is 16.0. The minimum atomic E-state index is -5.25. The molecule has 1 aromatic carbocycles. The van der Waals surface area contributed by atoms with Crippen molar-refractivity contribution >= 4 is 24.2 Å². The SMILES string of the molecule is O=[N+]([O-])OCCOc1ccc([As](=O)(O)O)cc1[N+](=O)[O-]. The zero-order valence-electron chi connectivity index (χ0n) is 9.74. The van der Waals surface area contributed by atoms with E-state index in [9.17, 15) is 24.0 Å². The molecule has 0 aromatic heterocycles. The first-order valence-electron chi connectivity index (χ1n) is 4.96. The molecular formula is C8H9AsN2O9. The molecule has 12 heteroatoms. The van der Waals surface area contributed by atoms with Gasteiger partial charge >= 0.3 is 113 Å². The summed E-state index contributed by atoms with van der Waals surface area (Å²) in [5.74, 6) is -0.269. The molecule has 1 aromatic rings. The molecule has 0 saturated carbocycles. The number of nitrogens with zero attached hydrogens (tertiary/aromatic N) is 2. The molecule has 11 nitrogen and oxygen atoms in total. The second kappa shape index (κ2) is 6.37. The van der Waals surface area contributed by atoms with Crippen molar-refractivity contribution in [1.82, 2.24) is 0 Å². The Kier molecular flexibility index (Phi) is 5.08. The van der Waals surface area contributed by atoms with E-state index in [1.807, 2.05) is 0 Å². The zero-order chi connectivity index (χ0) is 15.3. The fourth-order valence-corrected chi connectivity index (χ4v) is 2.39. The van der Waals surface area contributed by atoms with Crippen LogP contribution >= 0.6 is 0 Å². The van der Waals surface area contributed by atoms with Crippen LogP contribution in [-0.2, 0) is 8.58 Å². The third-order valence-corrected chi connectivity index (χ3v) is 4.01. The molecular weight excluding hydrogens is 343 g/mol. The van der Waals surface area contributed by atoms with Gasteiger partial charge in [0.05, 0.1) is 0 Å². The Hall–Kier alpha value is -2.10. The van der Waals surface area contributed by atoms with E-state index in [0.717, 1.165) is 12.1 Å². The molecule has 0 aliphatic rings. The summed E-state index contributed by atoms with van der Waals surface area (Å²) in [5, 5.41) is 19.6. The summed E-state index contributed by atoms with van der Waals surface area (Å²) in [6.07, 6.45) is 0. The van der Waals surface area contributed by atoms with Crippen LogP contribution < -0.4 is 9.09 Å². The molecule has 0 atom stereocenters. The van der Waals surface area contributed by atoms with Gasteiger partial charge in [-0.2, -0.15) is 0 Å². The molecule has 110 valence electrons. The van der Waals surface area contributed by atoms with E-state index < -0.39 is 40.8 Å². The van der Waals surface area contributed by atoms with E-state index in [1.54, 1.807) is 0 Å². The molecule has 20 heavy (non-hydrogen) atoms. The number of rotatable bonds is 7. The van der Waals surface area contributed by atoms with Crippen LogP contribution in [0.25, 0.3) is 0 Å². The predicted octanol–water partition coefficient (Wildman–Crippen LogP) is -1.26. The van der Waals surface area contributed by atoms with Crippen LogP contribution in [0.5, 0.6) is 5.75 Å². The van der Waals surface area contributed by atoms with Gasteiger partial charge in [-0.3, -0.25) is 0 Å². The van der Waals surface area contributed by atoms with Gasteiger partial charge in [0.1, 0.15) is 0 Å². The van der Waals surface area contributed by atoms with E-state index >= 15 is 0 Å². The Balaban J connectivity index is 2.88. The maximum absolute atomic E-state index is 11.1. The third-order valence-electron chi connectivity index (χ3n) is 2.01. The molecule has 0 aliphatic carbocycles. The molecule has 0 radical (unpaired) electrons. The van der Waals surface area contributed by atoms with Gasteiger partial charge in [-0.05, 0) is 0 Å². The molecule has 0 heterocycles. The fraction of sp³-hybridized carbons (Fsp3) is 0.250. The quantitative estimate of drug-likeness (QED) is 0.264. The molecule has 0 saturated heterocycles. The van der Waals surface area contributed by atoms with E-state index in [1.165, 1.54) is 0 Å². The molecule has 0 amide bonds. The van der Waals surface area contributed by atoms with Gasteiger partial charge in [-0.25, -0.2) is 0 Å². The Morgan fingerprint density at radius 1 is 1.20 bits per heavy atom. The van der Waals surface area contributed by atoms with Crippen LogP contribution in [0.1, 0.15) is 0 Å². The van der Waals surface area contributed by atoms with Gasteiger partial charge in [0, 0.05) is 0 Å². The van der Waals surface area contributed by atoms with Crippen LogP contribution in [0.3, 0.4) is 0 Å². The molecule has 1 rings (SSSR count). The average molecular weight is 352 g/mol. The zero-order valence-corrected chi connectivity index (χ0v) is 11.6. The first-order chi connectivity index (χ1) is 9.21. The molecule has 0 unspecified atom stereocenters. The minimum absolute atomic E-state index is 0.269. The Morgan fingerprint density at radius 3 is 2.35 bits per heavy atom. The summed E-state index contributed by atoms with van der Waals surface area (Å²) in [6.45, 7) is -0.768. The molecule has 0 spiro atoms. The van der Waals surface area contributed by atoms with Crippen molar-refractivity contribution < 1.29 is 31.5 Å². The summed E-state index contributed by atoms with van der Waals surface area (Å²) in [5.41, 5.74) is -0.645. The van der Waals surface area contributed by atoms with E-state index in [0.29, 0.717) is 6.07 Å². The fourth-order valence-electron chi connectivity index (χ4n) is 1.22. The summed E-state index contributed by atoms with van der Waals surface area (Å²) in [6, 6.07) is 2.72. The van der Waals surface area contributed by atoms with Crippen molar-refractivity contribution in [2.75, 3.05) is 13.2 Å². The summed E-state index contributed by atoms with van der Waals surface area (Å²) < 4.78 is 33.4. The van der Waals surface area contributed by atoms with Crippen molar-refractivity contribution in [2.24, 2.45) is 0 Å². The van der Waals surface area contributed by atoms with Gasteiger partial charge < -0.3 is 0 Å². The molecule has 0 aliphatic heterocycles. The number of hydrogen-bond acceptors (Lipinski definition) is 7. The standard InChI is InChI=1S/C8H9AsN2O9/c12-9(13,14)6-1-2-8(7(5-6)10(15)16)19-3-4-20-11(17)18/h1-2,5H,3-4H2,(H2,12,13,14). The molecule has 2 N–H and O–H groups in total. The van der Waals surface area contributed by atoms with E-state index in [4.69, 9.17) is 12.9 Å².